The third kappa shape index (κ3) is 5.36. The average Bonchev–Trinajstić information content (AvgIpc) is 2.55. The highest BCUT2D eigenvalue weighted by Crippen LogP contribution is 2.28. The number of nitrogens with one attached hydrogen (secondary N) is 1. The molecule has 0 aromatic heterocycles. The van der Waals surface area contributed by atoms with E-state index in [9.17, 15) is 9.59 Å². The summed E-state index contributed by atoms with van der Waals surface area (Å²) in [5, 5.41) is 2.90. The van der Waals surface area contributed by atoms with Crippen LogP contribution < -0.4 is 5.32 Å². The van der Waals surface area contributed by atoms with Crippen LogP contribution in [0, 0.1) is 12.8 Å². The molecule has 0 heterocycles. The van der Waals surface area contributed by atoms with Gasteiger partial charge in [0, 0.05) is 12.1 Å². The molecule has 1 aliphatic rings. The van der Waals surface area contributed by atoms with Gasteiger partial charge in [0.25, 0.3) is 5.91 Å². The van der Waals surface area contributed by atoms with Gasteiger partial charge in [-0.3, -0.25) is 9.59 Å². The maximum Gasteiger partial charge on any atom is 0.306 e. The summed E-state index contributed by atoms with van der Waals surface area (Å²) in [6, 6.07) is 5.98. The number of esters is 1. The van der Waals surface area contributed by atoms with Crippen LogP contribution in [0.4, 0.5) is 5.69 Å². The summed E-state index contributed by atoms with van der Waals surface area (Å²) in [5.74, 6) is 0.210. The smallest absolute Gasteiger partial charge is 0.306 e. The summed E-state index contributed by atoms with van der Waals surface area (Å²) in [6.07, 6.45) is 6.30. The zero-order chi connectivity index (χ0) is 17.5. The molecule has 0 saturated heterocycles. The van der Waals surface area contributed by atoms with Gasteiger partial charge in [0.05, 0.1) is 0 Å². The predicted octanol–water partition coefficient (Wildman–Crippen LogP) is 4.57. The molecule has 0 atom stereocenters. The van der Waals surface area contributed by atoms with Crippen LogP contribution in [-0.2, 0) is 14.3 Å². The molecule has 0 radical (unpaired) electrons. The minimum absolute atomic E-state index is 0.211. The number of ether oxygens (including phenoxy) is 1. The van der Waals surface area contributed by atoms with Crippen molar-refractivity contribution in [2.24, 2.45) is 5.92 Å². The van der Waals surface area contributed by atoms with Gasteiger partial charge in [-0.05, 0) is 42.7 Å². The van der Waals surface area contributed by atoms with Crippen LogP contribution >= 0.6 is 0 Å². The molecule has 1 amide bonds. The third-order valence-electron chi connectivity index (χ3n) is 4.74. The van der Waals surface area contributed by atoms with E-state index in [1.807, 2.05) is 25.1 Å². The number of amides is 1. The van der Waals surface area contributed by atoms with Crippen molar-refractivity contribution in [1.29, 1.82) is 0 Å². The number of para-hydroxylation sites is 1. The molecule has 4 nitrogen and oxygen atoms in total. The second kappa shape index (κ2) is 8.86. The molecular weight excluding hydrogens is 302 g/mol. The van der Waals surface area contributed by atoms with Crippen molar-refractivity contribution in [3.63, 3.8) is 0 Å². The van der Waals surface area contributed by atoms with Crippen molar-refractivity contribution < 1.29 is 14.3 Å². The fraction of sp³-hybridized carbons (Fsp3) is 0.600. The molecule has 1 fully saturated rings. The van der Waals surface area contributed by atoms with Crippen molar-refractivity contribution in [3.8, 4) is 0 Å². The highest BCUT2D eigenvalue weighted by molar-refractivity contribution is 5.94. The van der Waals surface area contributed by atoms with Crippen LogP contribution in [0.5, 0.6) is 0 Å². The second-order valence-corrected chi connectivity index (χ2v) is 7.11. The molecule has 132 valence electrons. The fourth-order valence-electron chi connectivity index (χ4n) is 3.35. The Morgan fingerprint density at radius 1 is 1.21 bits per heavy atom. The van der Waals surface area contributed by atoms with Crippen molar-refractivity contribution in [2.45, 2.75) is 65.2 Å². The normalized spacial score (nSPS) is 15.3. The molecule has 0 spiro atoms. The number of benzene rings is 1. The number of anilines is 1. The number of aryl methyl sites for hydroxylation is 1. The van der Waals surface area contributed by atoms with Gasteiger partial charge in [-0.2, -0.15) is 0 Å². The van der Waals surface area contributed by atoms with Gasteiger partial charge in [0.15, 0.2) is 6.61 Å². The lowest BCUT2D eigenvalue weighted by Crippen LogP contribution is -2.23. The summed E-state index contributed by atoms with van der Waals surface area (Å²) >= 11 is 0. The summed E-state index contributed by atoms with van der Waals surface area (Å²) in [5.41, 5.74) is 2.95. The zero-order valence-corrected chi connectivity index (χ0v) is 15.1. The highest BCUT2D eigenvalue weighted by Gasteiger charge is 2.19. The SMILES string of the molecule is Cc1cccc(C(C)C)c1NC(=O)COC(=O)CC1CCCCC1. The Morgan fingerprint density at radius 3 is 2.58 bits per heavy atom. The Hall–Kier alpha value is -1.84. The molecule has 1 N–H and O–H groups in total. The first-order chi connectivity index (χ1) is 11.5. The first-order valence-electron chi connectivity index (χ1n) is 9.02. The highest BCUT2D eigenvalue weighted by atomic mass is 16.5. The topological polar surface area (TPSA) is 55.4 Å². The number of carbonyl (C=O) groups excluding carboxylic acids is 2. The first kappa shape index (κ1) is 18.5. The Labute approximate surface area is 145 Å². The molecule has 0 unspecified atom stereocenters. The first-order valence-corrected chi connectivity index (χ1v) is 9.02. The minimum Gasteiger partial charge on any atom is -0.456 e. The predicted molar refractivity (Wildman–Crippen MR) is 96.0 cm³/mol. The number of rotatable bonds is 6. The van der Waals surface area contributed by atoms with E-state index in [1.54, 1.807) is 0 Å². The Kier molecular flexibility index (Phi) is 6.83. The summed E-state index contributed by atoms with van der Waals surface area (Å²) < 4.78 is 5.17. The fourth-order valence-corrected chi connectivity index (χ4v) is 3.35. The van der Waals surface area contributed by atoms with Crippen LogP contribution in [0.15, 0.2) is 18.2 Å². The van der Waals surface area contributed by atoms with Crippen molar-refractivity contribution in [2.75, 3.05) is 11.9 Å². The number of hydrogen-bond acceptors (Lipinski definition) is 3. The van der Waals surface area contributed by atoms with Gasteiger partial charge in [-0.1, -0.05) is 51.3 Å². The van der Waals surface area contributed by atoms with E-state index in [2.05, 4.69) is 19.2 Å². The van der Waals surface area contributed by atoms with Crippen LogP contribution in [0.25, 0.3) is 0 Å². The van der Waals surface area contributed by atoms with Crippen LogP contribution in [0.2, 0.25) is 0 Å². The Bertz CT molecular complexity index is 574. The molecule has 1 saturated carbocycles. The van der Waals surface area contributed by atoms with Crippen molar-refractivity contribution in [3.05, 3.63) is 29.3 Å². The molecule has 0 aliphatic heterocycles. The zero-order valence-electron chi connectivity index (χ0n) is 15.1. The molecule has 2 rings (SSSR count). The van der Waals surface area contributed by atoms with Gasteiger partial charge in [-0.25, -0.2) is 0 Å². The summed E-state index contributed by atoms with van der Waals surface area (Å²) in [6.45, 7) is 5.94. The van der Waals surface area contributed by atoms with Crippen LogP contribution in [0.3, 0.4) is 0 Å². The van der Waals surface area contributed by atoms with Crippen LogP contribution in [-0.4, -0.2) is 18.5 Å². The minimum atomic E-state index is -0.275. The lowest BCUT2D eigenvalue weighted by Gasteiger charge is -2.20. The molecule has 4 heteroatoms. The standard InChI is InChI=1S/C20H29NO3/c1-14(2)17-11-7-8-15(3)20(17)21-18(22)13-24-19(23)12-16-9-5-4-6-10-16/h7-8,11,14,16H,4-6,9-10,12-13H2,1-3H3,(H,21,22). The molecule has 1 aromatic rings. The van der Waals surface area contributed by atoms with Crippen molar-refractivity contribution in [1.82, 2.24) is 0 Å². The van der Waals surface area contributed by atoms with E-state index in [0.29, 0.717) is 18.3 Å². The average molecular weight is 331 g/mol. The summed E-state index contributed by atoms with van der Waals surface area (Å²) in [4.78, 5) is 24.1. The molecule has 0 bridgehead atoms. The van der Waals surface area contributed by atoms with Gasteiger partial charge in [-0.15, -0.1) is 0 Å². The second-order valence-electron chi connectivity index (χ2n) is 7.11. The number of carbonyl (C=O) groups is 2. The van der Waals surface area contributed by atoms with Gasteiger partial charge in [0.1, 0.15) is 0 Å². The molecule has 1 aromatic carbocycles. The van der Waals surface area contributed by atoms with E-state index >= 15 is 0 Å². The van der Waals surface area contributed by atoms with E-state index in [4.69, 9.17) is 4.74 Å². The van der Waals surface area contributed by atoms with Gasteiger partial charge in [0.2, 0.25) is 0 Å². The lowest BCUT2D eigenvalue weighted by atomic mass is 9.87. The van der Waals surface area contributed by atoms with Gasteiger partial charge >= 0.3 is 5.97 Å². The quantitative estimate of drug-likeness (QED) is 0.777. The van der Waals surface area contributed by atoms with Crippen LogP contribution in [0.1, 0.15) is 69.4 Å². The largest absolute Gasteiger partial charge is 0.456 e. The van der Waals surface area contributed by atoms with E-state index in [1.165, 1.54) is 19.3 Å². The molecule has 1 aliphatic carbocycles. The summed E-state index contributed by atoms with van der Waals surface area (Å²) in [7, 11) is 0. The van der Waals surface area contributed by atoms with Crippen molar-refractivity contribution >= 4 is 17.6 Å². The maximum atomic E-state index is 12.1. The molecule has 24 heavy (non-hydrogen) atoms. The maximum absolute atomic E-state index is 12.1. The lowest BCUT2D eigenvalue weighted by molar-refractivity contribution is -0.148. The third-order valence-corrected chi connectivity index (χ3v) is 4.74. The van der Waals surface area contributed by atoms with E-state index < -0.39 is 0 Å². The Morgan fingerprint density at radius 2 is 1.92 bits per heavy atom. The number of hydrogen-bond donors (Lipinski definition) is 1. The Balaban J connectivity index is 1.84. The van der Waals surface area contributed by atoms with Gasteiger partial charge < -0.3 is 10.1 Å². The monoisotopic (exact) mass is 331 g/mol. The molecular formula is C20H29NO3. The van der Waals surface area contributed by atoms with E-state index in [-0.39, 0.29) is 18.5 Å². The van der Waals surface area contributed by atoms with E-state index in [0.717, 1.165) is 29.7 Å².